The summed E-state index contributed by atoms with van der Waals surface area (Å²) < 4.78 is 5.69. The Morgan fingerprint density at radius 1 is 0.903 bits per heavy atom. The maximum absolute atomic E-state index is 11.1. The van der Waals surface area contributed by atoms with Crippen LogP contribution in [0.15, 0.2) is 47.0 Å². The summed E-state index contributed by atoms with van der Waals surface area (Å²) in [4.78, 5) is 11.1. The van der Waals surface area contributed by atoms with E-state index < -0.39 is 5.97 Å². The number of fused-ring (bicyclic) bond motifs is 4. The van der Waals surface area contributed by atoms with Crippen LogP contribution in [0.4, 0.5) is 0 Å². The van der Waals surface area contributed by atoms with Gasteiger partial charge in [0.05, 0.1) is 10.9 Å². The number of hydrogen-bond donors (Lipinski definition) is 2. The molecule has 31 heavy (non-hydrogen) atoms. The van der Waals surface area contributed by atoms with Gasteiger partial charge in [-0.3, -0.25) is 0 Å². The fourth-order valence-electron chi connectivity index (χ4n) is 4.83. The van der Waals surface area contributed by atoms with Crippen molar-refractivity contribution in [3.63, 3.8) is 0 Å². The first-order valence-corrected chi connectivity index (χ1v) is 10.5. The van der Waals surface area contributed by atoms with Gasteiger partial charge in [-0.2, -0.15) is 0 Å². The number of aromatic hydroxyl groups is 1. The molecule has 1 heterocycles. The van der Waals surface area contributed by atoms with E-state index in [1.807, 2.05) is 0 Å². The number of hydrogen-bond acceptors (Lipinski definition) is 4. The molecule has 0 radical (unpaired) electrons. The number of phenolic OH excluding ortho intramolecular Hbond substituents is 1. The molecule has 0 spiro atoms. The summed E-state index contributed by atoms with van der Waals surface area (Å²) in [5.41, 5.74) is 4.27. The summed E-state index contributed by atoms with van der Waals surface area (Å²) in [6, 6.07) is 12.5. The molecule has 0 bridgehead atoms. The molecule has 1 aliphatic carbocycles. The summed E-state index contributed by atoms with van der Waals surface area (Å²) in [7, 11) is 0. The van der Waals surface area contributed by atoms with Crippen molar-refractivity contribution in [3.8, 4) is 17.1 Å². The first-order valence-electron chi connectivity index (χ1n) is 10.5. The third-order valence-corrected chi connectivity index (χ3v) is 6.93. The Morgan fingerprint density at radius 3 is 2.06 bits per heavy atom. The molecule has 0 unspecified atom stereocenters. The van der Waals surface area contributed by atoms with E-state index in [1.165, 1.54) is 23.3 Å². The smallest absolute Gasteiger partial charge is 0.335 e. The lowest BCUT2D eigenvalue weighted by molar-refractivity contribution is 0.0697. The molecule has 0 amide bonds. The summed E-state index contributed by atoms with van der Waals surface area (Å²) in [5, 5.41) is 26.8. The number of rotatable bonds is 2. The average molecular weight is 415 g/mol. The minimum Gasteiger partial charge on any atom is -0.507 e. The van der Waals surface area contributed by atoms with Crippen molar-refractivity contribution in [1.29, 1.82) is 0 Å². The van der Waals surface area contributed by atoms with Crippen molar-refractivity contribution in [1.82, 2.24) is 5.16 Å². The fraction of sp³-hybridized carbons (Fsp3) is 0.308. The maximum atomic E-state index is 11.1. The third kappa shape index (κ3) is 2.91. The number of aromatic nitrogens is 1. The van der Waals surface area contributed by atoms with Crippen LogP contribution in [0.5, 0.6) is 5.75 Å². The summed E-state index contributed by atoms with van der Waals surface area (Å²) in [6.07, 6.45) is 2.20. The second-order valence-electron chi connectivity index (χ2n) is 9.90. The van der Waals surface area contributed by atoms with E-state index in [9.17, 15) is 9.90 Å². The second-order valence-corrected chi connectivity index (χ2v) is 9.90. The van der Waals surface area contributed by atoms with Crippen molar-refractivity contribution in [2.75, 3.05) is 0 Å². The van der Waals surface area contributed by atoms with Crippen LogP contribution >= 0.6 is 0 Å². The number of aromatic carboxylic acids is 1. The minimum atomic E-state index is -0.979. The molecule has 2 N–H and O–H groups in total. The normalized spacial score (nSPS) is 17.0. The van der Waals surface area contributed by atoms with E-state index in [2.05, 4.69) is 45.0 Å². The molecule has 3 aromatic carbocycles. The summed E-state index contributed by atoms with van der Waals surface area (Å²) >= 11 is 0. The zero-order valence-corrected chi connectivity index (χ0v) is 18.1. The van der Waals surface area contributed by atoms with Gasteiger partial charge < -0.3 is 14.7 Å². The van der Waals surface area contributed by atoms with E-state index in [0.29, 0.717) is 22.2 Å². The minimum absolute atomic E-state index is 0.0378. The van der Waals surface area contributed by atoms with Gasteiger partial charge >= 0.3 is 5.97 Å². The highest BCUT2D eigenvalue weighted by molar-refractivity contribution is 6.12. The number of carboxylic acids is 1. The van der Waals surface area contributed by atoms with Crippen molar-refractivity contribution in [2.45, 2.75) is 51.4 Å². The first kappa shape index (κ1) is 19.6. The molecule has 0 atom stereocenters. The lowest BCUT2D eigenvalue weighted by Gasteiger charge is -2.42. The molecule has 1 aromatic heterocycles. The highest BCUT2D eigenvalue weighted by Gasteiger charge is 2.37. The zero-order valence-electron chi connectivity index (χ0n) is 18.1. The quantitative estimate of drug-likeness (QED) is 0.396. The second kappa shape index (κ2) is 6.33. The van der Waals surface area contributed by atoms with Gasteiger partial charge in [0, 0.05) is 16.3 Å². The van der Waals surface area contributed by atoms with E-state index in [1.54, 1.807) is 18.2 Å². The highest BCUT2D eigenvalue weighted by atomic mass is 16.5. The van der Waals surface area contributed by atoms with Crippen LogP contribution in [0.3, 0.4) is 0 Å². The number of carboxylic acid groups (broad SMARTS) is 1. The number of benzene rings is 3. The van der Waals surface area contributed by atoms with Gasteiger partial charge in [-0.15, -0.1) is 0 Å². The molecule has 0 saturated carbocycles. The Labute approximate surface area is 180 Å². The van der Waals surface area contributed by atoms with Gasteiger partial charge in [-0.1, -0.05) is 45.0 Å². The van der Waals surface area contributed by atoms with Gasteiger partial charge in [0.15, 0.2) is 5.76 Å². The molecule has 5 heteroatoms. The first-order chi connectivity index (χ1) is 14.6. The van der Waals surface area contributed by atoms with Crippen molar-refractivity contribution in [2.24, 2.45) is 0 Å². The van der Waals surface area contributed by atoms with Crippen LogP contribution in [0, 0.1) is 0 Å². The molecule has 158 valence electrons. The third-order valence-electron chi connectivity index (χ3n) is 6.93. The highest BCUT2D eigenvalue weighted by Crippen LogP contribution is 2.49. The topological polar surface area (TPSA) is 83.6 Å². The standard InChI is InChI=1S/C26H25NO4/c1-25(2)9-10-26(3,4)20-12-17-16(11-19(20)25)21(28)13-18-22(17)27-31-23(18)14-5-7-15(8-6-14)24(29)30/h5-8,11-13,28H,9-10H2,1-4H3,(H,29,30). The van der Waals surface area contributed by atoms with Gasteiger partial charge in [0.1, 0.15) is 11.3 Å². The zero-order chi connectivity index (χ0) is 22.1. The average Bonchev–Trinajstić information content (AvgIpc) is 3.15. The molecule has 0 aliphatic heterocycles. The SMILES string of the molecule is CC1(C)CCC(C)(C)c2cc3c(cc21)c(O)cc1c(-c2ccc(C(=O)O)cc2)onc13. The van der Waals surface area contributed by atoms with Crippen LogP contribution in [0.25, 0.3) is 33.0 Å². The Bertz CT molecular complexity index is 1360. The summed E-state index contributed by atoms with van der Waals surface area (Å²) in [6.45, 7) is 9.06. The van der Waals surface area contributed by atoms with Crippen molar-refractivity contribution >= 4 is 27.6 Å². The molecule has 1 aliphatic rings. The Hall–Kier alpha value is -3.34. The van der Waals surface area contributed by atoms with Gasteiger partial charge in [0.2, 0.25) is 0 Å². The van der Waals surface area contributed by atoms with Crippen LogP contribution in [-0.4, -0.2) is 21.3 Å². The van der Waals surface area contributed by atoms with Crippen LogP contribution < -0.4 is 0 Å². The van der Waals surface area contributed by atoms with Crippen molar-refractivity contribution < 1.29 is 19.5 Å². The largest absolute Gasteiger partial charge is 0.507 e. The van der Waals surface area contributed by atoms with Crippen LogP contribution in [0.2, 0.25) is 0 Å². The molecule has 0 saturated heterocycles. The van der Waals surface area contributed by atoms with Crippen molar-refractivity contribution in [3.05, 3.63) is 59.2 Å². The molecule has 4 aromatic rings. The Kier molecular flexibility index (Phi) is 4.00. The number of phenols is 1. The maximum Gasteiger partial charge on any atom is 0.335 e. The Balaban J connectivity index is 1.77. The van der Waals surface area contributed by atoms with Gasteiger partial charge in [0.25, 0.3) is 0 Å². The lowest BCUT2D eigenvalue weighted by atomic mass is 9.62. The van der Waals surface area contributed by atoms with Crippen LogP contribution in [0.1, 0.15) is 62.0 Å². The molecule has 5 rings (SSSR count). The lowest BCUT2D eigenvalue weighted by Crippen LogP contribution is -2.33. The fourth-order valence-corrected chi connectivity index (χ4v) is 4.83. The Morgan fingerprint density at radius 2 is 1.48 bits per heavy atom. The molecule has 0 fully saturated rings. The molecular weight excluding hydrogens is 390 g/mol. The van der Waals surface area contributed by atoms with E-state index in [-0.39, 0.29) is 22.1 Å². The predicted octanol–water partition coefficient (Wildman–Crippen LogP) is 6.40. The van der Waals surface area contributed by atoms with Gasteiger partial charge in [-0.05, 0) is 65.1 Å². The van der Waals surface area contributed by atoms with E-state index in [0.717, 1.165) is 23.6 Å². The number of carbonyl (C=O) groups is 1. The van der Waals surface area contributed by atoms with E-state index >= 15 is 0 Å². The molecule has 5 nitrogen and oxygen atoms in total. The predicted molar refractivity (Wildman–Crippen MR) is 121 cm³/mol. The van der Waals surface area contributed by atoms with E-state index in [4.69, 9.17) is 9.63 Å². The monoisotopic (exact) mass is 415 g/mol. The molecular formula is C26H25NO4. The van der Waals surface area contributed by atoms with Crippen LogP contribution in [-0.2, 0) is 10.8 Å². The number of nitrogens with zero attached hydrogens (tertiary/aromatic N) is 1. The van der Waals surface area contributed by atoms with Gasteiger partial charge in [-0.25, -0.2) is 4.79 Å². The summed E-state index contributed by atoms with van der Waals surface area (Å²) in [5.74, 6) is -0.273.